The lowest BCUT2D eigenvalue weighted by Crippen LogP contribution is -2.38. The maximum atomic E-state index is 2.42. The van der Waals surface area contributed by atoms with Gasteiger partial charge in [0.2, 0.25) is 0 Å². The zero-order valence-corrected chi connectivity index (χ0v) is 14.0. The third kappa shape index (κ3) is 2.81. The molecular weight excluding hydrogens is 292 g/mol. The number of nitrogens with zero attached hydrogens (tertiary/aromatic N) is 2. The van der Waals surface area contributed by atoms with Crippen LogP contribution in [0, 0.1) is 0 Å². The van der Waals surface area contributed by atoms with Gasteiger partial charge in [0.15, 0.2) is 0 Å². The third-order valence-electron chi connectivity index (χ3n) is 4.81. The van der Waals surface area contributed by atoms with Gasteiger partial charge in [0, 0.05) is 26.1 Å². The molecule has 0 aromatic heterocycles. The van der Waals surface area contributed by atoms with Crippen molar-refractivity contribution in [2.24, 2.45) is 0 Å². The van der Waals surface area contributed by atoms with Crippen LogP contribution in [0.25, 0.3) is 0 Å². The van der Waals surface area contributed by atoms with Crippen molar-refractivity contribution in [3.05, 3.63) is 102 Å². The zero-order chi connectivity index (χ0) is 16.4. The second-order valence-corrected chi connectivity index (χ2v) is 6.41. The molecule has 0 unspecified atom stereocenters. The van der Waals surface area contributed by atoms with E-state index in [-0.39, 0.29) is 0 Å². The molecule has 4 rings (SSSR count). The second-order valence-electron chi connectivity index (χ2n) is 6.41. The van der Waals surface area contributed by atoms with E-state index in [9.17, 15) is 0 Å². The summed E-state index contributed by atoms with van der Waals surface area (Å²) < 4.78 is 0. The van der Waals surface area contributed by atoms with Crippen LogP contribution in [0.3, 0.4) is 0 Å². The minimum atomic E-state index is 0.431. The predicted octanol–water partition coefficient (Wildman–Crippen LogP) is 4.69. The standard InChI is InChI=1S/C22H22N2/c1-23(16-18-10-4-2-5-11-18)24-17-21(19-12-6-3-7-13-19)20-14-8-9-15-22(20)24/h2-15,21H,16-17H2,1H3/t21-/m0/s1. The van der Waals surface area contributed by atoms with Crippen molar-refractivity contribution < 1.29 is 0 Å². The molecule has 0 amide bonds. The van der Waals surface area contributed by atoms with Crippen LogP contribution in [0.2, 0.25) is 0 Å². The Bertz CT molecular complexity index is 798. The number of rotatable bonds is 4. The summed E-state index contributed by atoms with van der Waals surface area (Å²) in [7, 11) is 2.18. The predicted molar refractivity (Wildman–Crippen MR) is 100.0 cm³/mol. The van der Waals surface area contributed by atoms with Crippen LogP contribution < -0.4 is 5.01 Å². The van der Waals surface area contributed by atoms with Gasteiger partial charge in [-0.05, 0) is 22.8 Å². The number of hydrogen-bond acceptors (Lipinski definition) is 2. The fourth-order valence-corrected chi connectivity index (χ4v) is 3.61. The Hall–Kier alpha value is -2.58. The minimum absolute atomic E-state index is 0.431. The SMILES string of the molecule is CN(Cc1ccccc1)N1C[C@@H](c2ccccc2)c2ccccc21. The van der Waals surface area contributed by atoms with E-state index in [1.165, 1.54) is 22.4 Å². The molecule has 1 aliphatic rings. The van der Waals surface area contributed by atoms with Crippen molar-refractivity contribution in [3.63, 3.8) is 0 Å². The van der Waals surface area contributed by atoms with Gasteiger partial charge in [-0.3, -0.25) is 0 Å². The molecule has 1 aliphatic heterocycles. The smallest absolute Gasteiger partial charge is 0.0561 e. The lowest BCUT2D eigenvalue weighted by atomic mass is 9.93. The maximum absolute atomic E-state index is 2.42. The zero-order valence-electron chi connectivity index (χ0n) is 14.0. The first-order chi connectivity index (χ1) is 11.8. The highest BCUT2D eigenvalue weighted by atomic mass is 15.6. The highest BCUT2D eigenvalue weighted by molar-refractivity contribution is 5.62. The Morgan fingerprint density at radius 2 is 1.46 bits per heavy atom. The molecule has 3 aromatic carbocycles. The van der Waals surface area contributed by atoms with Crippen LogP contribution in [0.5, 0.6) is 0 Å². The van der Waals surface area contributed by atoms with E-state index in [4.69, 9.17) is 0 Å². The van der Waals surface area contributed by atoms with Gasteiger partial charge >= 0.3 is 0 Å². The van der Waals surface area contributed by atoms with Crippen LogP contribution in [-0.2, 0) is 6.54 Å². The summed E-state index contributed by atoms with van der Waals surface area (Å²) in [5, 5.41) is 4.75. The Kier molecular flexibility index (Phi) is 4.06. The molecule has 24 heavy (non-hydrogen) atoms. The monoisotopic (exact) mass is 314 g/mol. The molecule has 2 nitrogen and oxygen atoms in total. The molecule has 120 valence electrons. The number of hydrogen-bond donors (Lipinski definition) is 0. The molecule has 1 heterocycles. The molecule has 0 N–H and O–H groups in total. The summed E-state index contributed by atoms with van der Waals surface area (Å²) in [6, 6.07) is 30.3. The molecule has 0 saturated carbocycles. The third-order valence-corrected chi connectivity index (χ3v) is 4.81. The van der Waals surface area contributed by atoms with E-state index in [0.717, 1.165) is 13.1 Å². The Morgan fingerprint density at radius 3 is 2.21 bits per heavy atom. The van der Waals surface area contributed by atoms with Gasteiger partial charge in [-0.15, -0.1) is 0 Å². The molecule has 1 atom stereocenters. The molecule has 0 saturated heterocycles. The van der Waals surface area contributed by atoms with Crippen LogP contribution >= 0.6 is 0 Å². The highest BCUT2D eigenvalue weighted by Crippen LogP contribution is 2.40. The second kappa shape index (κ2) is 6.50. The molecule has 0 aliphatic carbocycles. The van der Waals surface area contributed by atoms with Crippen LogP contribution in [0.1, 0.15) is 22.6 Å². The van der Waals surface area contributed by atoms with E-state index < -0.39 is 0 Å². The topological polar surface area (TPSA) is 6.48 Å². The van der Waals surface area contributed by atoms with Gasteiger partial charge in [-0.1, -0.05) is 78.9 Å². The molecule has 0 fully saturated rings. The minimum Gasteiger partial charge on any atom is -0.305 e. The van der Waals surface area contributed by atoms with Crippen LogP contribution in [0.15, 0.2) is 84.9 Å². The first-order valence-corrected chi connectivity index (χ1v) is 8.49. The summed E-state index contributed by atoms with van der Waals surface area (Å²) in [4.78, 5) is 0. The van der Waals surface area contributed by atoms with E-state index in [0.29, 0.717) is 5.92 Å². The van der Waals surface area contributed by atoms with Gasteiger partial charge in [-0.25, -0.2) is 5.01 Å². The van der Waals surface area contributed by atoms with E-state index >= 15 is 0 Å². The van der Waals surface area contributed by atoms with Gasteiger partial charge in [0.25, 0.3) is 0 Å². The lowest BCUT2D eigenvalue weighted by molar-refractivity contribution is 0.301. The summed E-state index contributed by atoms with van der Waals surface area (Å²) >= 11 is 0. The fraction of sp³-hybridized carbons (Fsp3) is 0.182. The quantitative estimate of drug-likeness (QED) is 0.689. The summed E-state index contributed by atoms with van der Waals surface area (Å²) in [5.41, 5.74) is 5.47. The van der Waals surface area contributed by atoms with Crippen LogP contribution in [-0.4, -0.2) is 18.6 Å². The first-order valence-electron chi connectivity index (χ1n) is 8.49. The summed E-state index contributed by atoms with van der Waals surface area (Å²) in [5.74, 6) is 0.431. The van der Waals surface area contributed by atoms with Crippen molar-refractivity contribution in [2.75, 3.05) is 18.6 Å². The van der Waals surface area contributed by atoms with Gasteiger partial charge in [-0.2, -0.15) is 0 Å². The molecule has 0 bridgehead atoms. The molecule has 0 spiro atoms. The van der Waals surface area contributed by atoms with Crippen molar-refractivity contribution in [3.8, 4) is 0 Å². The van der Waals surface area contributed by atoms with Crippen molar-refractivity contribution >= 4 is 5.69 Å². The maximum Gasteiger partial charge on any atom is 0.0561 e. The number of fused-ring (bicyclic) bond motifs is 1. The average Bonchev–Trinajstić information content (AvgIpc) is 3.03. The van der Waals surface area contributed by atoms with Gasteiger partial charge in [0.1, 0.15) is 0 Å². The number of anilines is 1. The molecule has 0 radical (unpaired) electrons. The molecule has 3 aromatic rings. The molecular formula is C22H22N2. The van der Waals surface area contributed by atoms with Crippen molar-refractivity contribution in [1.82, 2.24) is 5.01 Å². The van der Waals surface area contributed by atoms with E-state index in [1.807, 2.05) is 0 Å². The Labute approximate surface area is 143 Å². The number of benzene rings is 3. The highest BCUT2D eigenvalue weighted by Gasteiger charge is 2.31. The first kappa shape index (κ1) is 15.0. The number of para-hydroxylation sites is 1. The van der Waals surface area contributed by atoms with Crippen molar-refractivity contribution in [2.45, 2.75) is 12.5 Å². The van der Waals surface area contributed by atoms with E-state index in [1.54, 1.807) is 0 Å². The number of hydrazine groups is 1. The van der Waals surface area contributed by atoms with Crippen LogP contribution in [0.4, 0.5) is 5.69 Å². The van der Waals surface area contributed by atoms with Crippen molar-refractivity contribution in [1.29, 1.82) is 0 Å². The summed E-state index contributed by atoms with van der Waals surface area (Å²) in [6.45, 7) is 1.91. The lowest BCUT2D eigenvalue weighted by Gasteiger charge is -2.31. The fourth-order valence-electron chi connectivity index (χ4n) is 3.61. The largest absolute Gasteiger partial charge is 0.305 e. The summed E-state index contributed by atoms with van der Waals surface area (Å²) in [6.07, 6.45) is 0. The van der Waals surface area contributed by atoms with Gasteiger partial charge < -0.3 is 5.01 Å². The Morgan fingerprint density at radius 1 is 0.833 bits per heavy atom. The molecule has 2 heteroatoms. The van der Waals surface area contributed by atoms with Gasteiger partial charge in [0.05, 0.1) is 5.69 Å². The van der Waals surface area contributed by atoms with E-state index in [2.05, 4.69) is 102 Å². The average molecular weight is 314 g/mol. The Balaban J connectivity index is 1.63. The normalized spacial score (nSPS) is 16.4.